The summed E-state index contributed by atoms with van der Waals surface area (Å²) in [6.45, 7) is 2.74. The largest absolute Gasteiger partial charge is 0.348 e. The standard InChI is InChI=1S/C19H20F2N2O2S/c1-12-17(6-7-22-2)18-11-15(4-5-19(18)23(12)3)26(24,25)16-9-13(20)8-14(21)10-16/h4-5,8-11,22H,6-7H2,1-3H3/i20+0,21+0. The summed E-state index contributed by atoms with van der Waals surface area (Å²) in [7, 11) is -0.238. The SMILES string of the molecule is CNCCc1c(C)n(C)c2ccc(S(=O)(=O)c3cc([19F])cc([19F])c3)cc12. The average molecular weight is 378 g/mol. The first kappa shape index (κ1) is 18.5. The first-order chi connectivity index (χ1) is 12.3. The lowest BCUT2D eigenvalue weighted by molar-refractivity contribution is 0.567. The number of rotatable bonds is 5. The maximum absolute atomic E-state index is 13.5. The number of aryl methyl sites for hydroxylation is 1. The van der Waals surface area contributed by atoms with Gasteiger partial charge < -0.3 is 9.88 Å². The third kappa shape index (κ3) is 3.12. The molecule has 138 valence electrons. The van der Waals surface area contributed by atoms with Gasteiger partial charge in [-0.05, 0) is 62.8 Å². The summed E-state index contributed by atoms with van der Waals surface area (Å²) in [6.07, 6.45) is 0.748. The van der Waals surface area contributed by atoms with Crippen LogP contribution >= 0.6 is 0 Å². The second-order valence-corrected chi connectivity index (χ2v) is 8.21. The molecular formula is C19H20F2N2O2S. The first-order valence-corrected chi connectivity index (χ1v) is 9.67. The van der Waals surface area contributed by atoms with Gasteiger partial charge in [-0.25, -0.2) is 17.2 Å². The van der Waals surface area contributed by atoms with Crippen LogP contribution in [0.1, 0.15) is 11.3 Å². The predicted octanol–water partition coefficient (Wildman–Crippen LogP) is 3.36. The quantitative estimate of drug-likeness (QED) is 0.741. The first-order valence-electron chi connectivity index (χ1n) is 8.19. The minimum Gasteiger partial charge on any atom is -0.348 e. The Kier molecular flexibility index (Phi) is 4.86. The molecule has 4 nitrogen and oxygen atoms in total. The highest BCUT2D eigenvalue weighted by Gasteiger charge is 2.22. The summed E-state index contributed by atoms with van der Waals surface area (Å²) in [5.74, 6) is -1.84. The van der Waals surface area contributed by atoms with Gasteiger partial charge in [-0.15, -0.1) is 0 Å². The molecule has 2 aromatic carbocycles. The zero-order chi connectivity index (χ0) is 19.1. The van der Waals surface area contributed by atoms with Crippen LogP contribution in [0.2, 0.25) is 0 Å². The van der Waals surface area contributed by atoms with E-state index in [4.69, 9.17) is 0 Å². The molecule has 0 atom stereocenters. The Bertz CT molecular complexity index is 1070. The molecule has 3 rings (SSSR count). The molecule has 0 aliphatic rings. The Morgan fingerprint density at radius 1 is 1.04 bits per heavy atom. The molecule has 0 aliphatic carbocycles. The summed E-state index contributed by atoms with van der Waals surface area (Å²) >= 11 is 0. The van der Waals surface area contributed by atoms with Crippen molar-refractivity contribution in [2.45, 2.75) is 23.1 Å². The number of sulfone groups is 1. The second kappa shape index (κ2) is 6.81. The lowest BCUT2D eigenvalue weighted by Gasteiger charge is -2.07. The summed E-state index contributed by atoms with van der Waals surface area (Å²) < 4.78 is 54.6. The number of hydrogen-bond acceptors (Lipinski definition) is 3. The maximum Gasteiger partial charge on any atom is 0.206 e. The molecule has 1 N–H and O–H groups in total. The molecule has 0 amide bonds. The second-order valence-electron chi connectivity index (χ2n) is 6.26. The Hall–Kier alpha value is -2.25. The molecule has 0 fully saturated rings. The molecule has 1 aromatic heterocycles. The molecule has 0 unspecified atom stereocenters. The van der Waals surface area contributed by atoms with Crippen molar-refractivity contribution in [2.24, 2.45) is 7.05 Å². The van der Waals surface area contributed by atoms with Gasteiger partial charge in [-0.1, -0.05) is 0 Å². The van der Waals surface area contributed by atoms with Crippen LogP contribution in [-0.2, 0) is 23.3 Å². The van der Waals surface area contributed by atoms with E-state index in [-0.39, 0.29) is 4.90 Å². The molecule has 0 bridgehead atoms. The van der Waals surface area contributed by atoms with Crippen molar-refractivity contribution in [1.82, 2.24) is 9.88 Å². The zero-order valence-electron chi connectivity index (χ0n) is 14.8. The minimum absolute atomic E-state index is 0.0197. The van der Waals surface area contributed by atoms with Crippen molar-refractivity contribution in [3.63, 3.8) is 0 Å². The fraction of sp³-hybridized carbons (Fsp3) is 0.263. The number of hydrogen-bond donors (Lipinski definition) is 1. The number of aromatic nitrogens is 1. The molecule has 1 heterocycles. The predicted molar refractivity (Wildman–Crippen MR) is 97.1 cm³/mol. The Labute approximate surface area is 151 Å². The van der Waals surface area contributed by atoms with E-state index in [1.807, 2.05) is 25.6 Å². The van der Waals surface area contributed by atoms with Crippen molar-refractivity contribution in [1.29, 1.82) is 0 Å². The molecule has 7 heteroatoms. The Morgan fingerprint density at radius 2 is 1.69 bits per heavy atom. The van der Waals surface area contributed by atoms with E-state index in [0.717, 1.165) is 47.3 Å². The van der Waals surface area contributed by atoms with E-state index in [2.05, 4.69) is 5.32 Å². The van der Waals surface area contributed by atoms with Gasteiger partial charge in [-0.2, -0.15) is 0 Å². The van der Waals surface area contributed by atoms with Gasteiger partial charge in [0.2, 0.25) is 9.84 Å². The van der Waals surface area contributed by atoms with Crippen LogP contribution in [-0.4, -0.2) is 26.6 Å². The van der Waals surface area contributed by atoms with E-state index in [9.17, 15) is 17.2 Å². The number of likely N-dealkylation sites (N-methyl/N-ethyl adjacent to an activating group) is 1. The topological polar surface area (TPSA) is 51.1 Å². The number of benzene rings is 2. The van der Waals surface area contributed by atoms with Gasteiger partial charge in [0, 0.05) is 29.7 Å². The van der Waals surface area contributed by atoms with E-state index >= 15 is 0 Å². The molecular weight excluding hydrogens is 358 g/mol. The van der Waals surface area contributed by atoms with Gasteiger partial charge in [0.25, 0.3) is 0 Å². The molecule has 0 aliphatic heterocycles. The normalized spacial score (nSPS) is 12.0. The van der Waals surface area contributed by atoms with Crippen LogP contribution in [0.5, 0.6) is 0 Å². The highest BCUT2D eigenvalue weighted by Crippen LogP contribution is 2.30. The van der Waals surface area contributed by atoms with Gasteiger partial charge in [0.05, 0.1) is 9.79 Å². The van der Waals surface area contributed by atoms with E-state index in [1.54, 1.807) is 12.1 Å². The number of fused-ring (bicyclic) bond motifs is 1. The highest BCUT2D eigenvalue weighted by atomic mass is 32.2. The molecule has 26 heavy (non-hydrogen) atoms. The van der Waals surface area contributed by atoms with E-state index in [0.29, 0.717) is 6.07 Å². The van der Waals surface area contributed by atoms with Gasteiger partial charge >= 0.3 is 0 Å². The van der Waals surface area contributed by atoms with Crippen LogP contribution in [0.3, 0.4) is 0 Å². The van der Waals surface area contributed by atoms with Crippen molar-refractivity contribution in [3.05, 3.63) is 59.3 Å². The molecule has 3 aromatic rings. The van der Waals surface area contributed by atoms with E-state index < -0.39 is 26.4 Å². The van der Waals surface area contributed by atoms with Crippen LogP contribution in [0.15, 0.2) is 46.2 Å². The summed E-state index contributed by atoms with van der Waals surface area (Å²) in [5.41, 5.74) is 3.03. The van der Waals surface area contributed by atoms with E-state index in [1.165, 1.54) is 6.07 Å². The lowest BCUT2D eigenvalue weighted by atomic mass is 10.1. The molecule has 0 radical (unpaired) electrons. The zero-order valence-corrected chi connectivity index (χ0v) is 15.6. The van der Waals surface area contributed by atoms with Gasteiger partial charge in [0.15, 0.2) is 0 Å². The number of halogens is 2. The Balaban J connectivity index is 2.19. The van der Waals surface area contributed by atoms with Crippen LogP contribution in [0.4, 0.5) is 8.78 Å². The third-order valence-electron chi connectivity index (χ3n) is 4.68. The summed E-state index contributed by atoms with van der Waals surface area (Å²) in [4.78, 5) is -0.370. The van der Waals surface area contributed by atoms with Crippen molar-refractivity contribution < 1.29 is 17.2 Å². The minimum atomic E-state index is -4.02. The monoisotopic (exact) mass is 378 g/mol. The van der Waals surface area contributed by atoms with Crippen LogP contribution < -0.4 is 5.32 Å². The fourth-order valence-electron chi connectivity index (χ4n) is 3.18. The Morgan fingerprint density at radius 3 is 2.31 bits per heavy atom. The summed E-state index contributed by atoms with van der Waals surface area (Å²) in [5, 5.41) is 3.92. The van der Waals surface area contributed by atoms with Crippen LogP contribution in [0, 0.1) is 18.6 Å². The highest BCUT2D eigenvalue weighted by molar-refractivity contribution is 7.91. The van der Waals surface area contributed by atoms with Gasteiger partial charge in [-0.3, -0.25) is 0 Å². The van der Waals surface area contributed by atoms with Crippen molar-refractivity contribution >= 4 is 20.7 Å². The molecule has 0 saturated carbocycles. The van der Waals surface area contributed by atoms with Crippen molar-refractivity contribution in [2.75, 3.05) is 13.6 Å². The fourth-order valence-corrected chi connectivity index (χ4v) is 4.51. The number of nitrogens with one attached hydrogen (secondary N) is 1. The number of nitrogens with zero attached hydrogens (tertiary/aromatic N) is 1. The smallest absolute Gasteiger partial charge is 0.206 e. The van der Waals surface area contributed by atoms with Gasteiger partial charge in [0.1, 0.15) is 11.6 Å². The molecule has 0 spiro atoms. The molecule has 0 saturated heterocycles. The summed E-state index contributed by atoms with van der Waals surface area (Å²) in [6, 6.07) is 7.11. The average Bonchev–Trinajstić information content (AvgIpc) is 2.83. The van der Waals surface area contributed by atoms with Crippen molar-refractivity contribution in [3.8, 4) is 0 Å². The maximum atomic E-state index is 13.5. The lowest BCUT2D eigenvalue weighted by Crippen LogP contribution is -2.11. The third-order valence-corrected chi connectivity index (χ3v) is 6.41. The van der Waals surface area contributed by atoms with Crippen LogP contribution in [0.25, 0.3) is 10.9 Å².